The first kappa shape index (κ1) is 19.5. The number of carbonyl (C=O) groups excluding carboxylic acids is 1. The number of fused-ring (bicyclic) bond motifs is 1. The second kappa shape index (κ2) is 6.70. The van der Waals surface area contributed by atoms with E-state index in [0.717, 1.165) is 0 Å². The summed E-state index contributed by atoms with van der Waals surface area (Å²) in [6.45, 7) is 1.72. The fourth-order valence-electron chi connectivity index (χ4n) is 3.30. The molecule has 146 valence electrons. The van der Waals surface area contributed by atoms with Crippen LogP contribution in [0.2, 0.25) is 0 Å². The maximum absolute atomic E-state index is 11.6. The van der Waals surface area contributed by atoms with Gasteiger partial charge in [0.05, 0.1) is 6.61 Å². The third kappa shape index (κ3) is 3.24. The number of nitrogens with one attached hydrogen (secondary N) is 1. The van der Waals surface area contributed by atoms with E-state index in [2.05, 4.69) is 5.32 Å². The van der Waals surface area contributed by atoms with Crippen molar-refractivity contribution < 1.29 is 34.4 Å². The van der Waals surface area contributed by atoms with Crippen LogP contribution in [0.1, 0.15) is 19.4 Å². The number of hydrogen-bond donors (Lipinski definition) is 5. The molecule has 5 atom stereocenters. The quantitative estimate of drug-likeness (QED) is 0.424. The summed E-state index contributed by atoms with van der Waals surface area (Å²) in [6, 6.07) is 5.70. The summed E-state index contributed by atoms with van der Waals surface area (Å²) in [6.07, 6.45) is -3.02. The Labute approximate surface area is 153 Å². The molecule has 1 saturated heterocycles. The largest absolute Gasteiger partial charge is 0.423 e. The molecule has 27 heavy (non-hydrogen) atoms. The van der Waals surface area contributed by atoms with Crippen molar-refractivity contribution in [3.05, 3.63) is 46.3 Å². The lowest BCUT2D eigenvalue weighted by atomic mass is 9.78. The Kier molecular flexibility index (Phi) is 4.83. The van der Waals surface area contributed by atoms with E-state index in [0.29, 0.717) is 5.39 Å². The van der Waals surface area contributed by atoms with Crippen molar-refractivity contribution in [1.29, 1.82) is 0 Å². The number of aliphatic hydroxyl groups excluding tert-OH is 2. The Hall–Kier alpha value is -2.30. The average molecular weight is 379 g/mol. The topological polar surface area (TPSA) is 149 Å². The monoisotopic (exact) mass is 379 g/mol. The molecule has 0 saturated carbocycles. The highest BCUT2D eigenvalue weighted by molar-refractivity contribution is 5.77. The first-order valence-electron chi connectivity index (χ1n) is 8.32. The fourth-order valence-corrected chi connectivity index (χ4v) is 3.30. The number of benzene rings is 1. The molecule has 1 aliphatic rings. The van der Waals surface area contributed by atoms with E-state index in [9.17, 15) is 30.0 Å². The van der Waals surface area contributed by atoms with Gasteiger partial charge in [-0.2, -0.15) is 0 Å². The Morgan fingerprint density at radius 2 is 1.93 bits per heavy atom. The van der Waals surface area contributed by atoms with Gasteiger partial charge in [-0.05, 0) is 19.1 Å². The van der Waals surface area contributed by atoms with Gasteiger partial charge in [-0.3, -0.25) is 4.79 Å². The highest BCUT2D eigenvalue weighted by Crippen LogP contribution is 2.41. The second-order valence-corrected chi connectivity index (χ2v) is 6.84. The zero-order valence-electron chi connectivity index (χ0n) is 14.7. The van der Waals surface area contributed by atoms with Gasteiger partial charge in [0.15, 0.2) is 0 Å². The molecule has 5 N–H and O–H groups in total. The van der Waals surface area contributed by atoms with Gasteiger partial charge in [0, 0.05) is 23.9 Å². The number of ether oxygens (including phenoxy) is 1. The first-order chi connectivity index (χ1) is 12.6. The molecule has 1 amide bonds. The molecule has 1 aliphatic heterocycles. The molecular weight excluding hydrogens is 358 g/mol. The minimum Gasteiger partial charge on any atom is -0.423 e. The van der Waals surface area contributed by atoms with Gasteiger partial charge < -0.3 is 34.9 Å². The minimum absolute atomic E-state index is 0.0658. The van der Waals surface area contributed by atoms with Gasteiger partial charge in [-0.1, -0.05) is 12.1 Å². The molecule has 9 heteroatoms. The highest BCUT2D eigenvalue weighted by Gasteiger charge is 2.59. The second-order valence-electron chi connectivity index (χ2n) is 6.84. The molecule has 2 aromatic rings. The Bertz CT molecular complexity index is 923. The summed E-state index contributed by atoms with van der Waals surface area (Å²) >= 11 is 0. The predicted octanol–water partition coefficient (Wildman–Crippen LogP) is -1.05. The predicted molar refractivity (Wildman–Crippen MR) is 92.6 cm³/mol. The van der Waals surface area contributed by atoms with Gasteiger partial charge in [0.1, 0.15) is 29.4 Å². The van der Waals surface area contributed by atoms with E-state index in [1.807, 2.05) is 0 Å². The van der Waals surface area contributed by atoms with E-state index in [1.54, 1.807) is 6.07 Å². The summed E-state index contributed by atoms with van der Waals surface area (Å²) in [5, 5.41) is 44.9. The van der Waals surface area contributed by atoms with Crippen molar-refractivity contribution >= 4 is 16.9 Å². The van der Waals surface area contributed by atoms with Crippen molar-refractivity contribution in [1.82, 2.24) is 5.32 Å². The third-order valence-electron chi connectivity index (χ3n) is 4.87. The van der Waals surface area contributed by atoms with Crippen LogP contribution in [0.15, 0.2) is 39.5 Å². The van der Waals surface area contributed by atoms with Crippen molar-refractivity contribution in [3.63, 3.8) is 0 Å². The van der Waals surface area contributed by atoms with Crippen LogP contribution < -0.4 is 10.9 Å². The summed E-state index contributed by atoms with van der Waals surface area (Å²) in [5.41, 5.74) is -2.31. The van der Waals surface area contributed by atoms with Crippen LogP contribution in [0.3, 0.4) is 0 Å². The van der Waals surface area contributed by atoms with Gasteiger partial charge in [0.2, 0.25) is 11.7 Å². The van der Waals surface area contributed by atoms with Gasteiger partial charge in [-0.15, -0.1) is 0 Å². The van der Waals surface area contributed by atoms with E-state index in [4.69, 9.17) is 9.15 Å². The molecule has 2 heterocycles. The van der Waals surface area contributed by atoms with E-state index < -0.39 is 47.8 Å². The molecule has 0 bridgehead atoms. The van der Waals surface area contributed by atoms with Crippen molar-refractivity contribution in [3.8, 4) is 0 Å². The normalized spacial score (nSPS) is 33.8. The average Bonchev–Trinajstić information content (AvgIpc) is 2.61. The number of rotatable bonds is 3. The Morgan fingerprint density at radius 3 is 2.56 bits per heavy atom. The third-order valence-corrected chi connectivity index (χ3v) is 4.87. The summed E-state index contributed by atoms with van der Waals surface area (Å²) < 4.78 is 10.7. The molecule has 0 spiro atoms. The van der Waals surface area contributed by atoms with E-state index in [-0.39, 0.29) is 11.1 Å². The molecule has 0 unspecified atom stereocenters. The molecule has 1 aromatic heterocycles. The summed E-state index contributed by atoms with van der Waals surface area (Å²) in [4.78, 5) is 23.1. The van der Waals surface area contributed by atoms with Gasteiger partial charge >= 0.3 is 5.63 Å². The zero-order chi connectivity index (χ0) is 20.0. The van der Waals surface area contributed by atoms with Crippen LogP contribution in [0.4, 0.5) is 0 Å². The van der Waals surface area contributed by atoms with Crippen molar-refractivity contribution in [2.24, 2.45) is 0 Å². The standard InChI is InChI=1S/C18H21NO8/c1-9(21)19-15-16(23)17(2,24)13(8-20)27-18(15,25)11-5-3-10-4-6-14(22)26-12(10)7-11/h3-7,13,15-16,20,23-25H,8H2,1-2H3,(H,19,21)/t13-,15-,16-,17-,18-/m1/s1. The Balaban J connectivity index is 2.16. The van der Waals surface area contributed by atoms with Crippen LogP contribution in [-0.4, -0.2) is 56.8 Å². The van der Waals surface area contributed by atoms with Gasteiger partial charge in [-0.25, -0.2) is 4.79 Å². The van der Waals surface area contributed by atoms with Gasteiger partial charge in [0.25, 0.3) is 0 Å². The van der Waals surface area contributed by atoms with Crippen LogP contribution in [0.25, 0.3) is 11.0 Å². The molecular formula is C18H21NO8. The first-order valence-corrected chi connectivity index (χ1v) is 8.32. The zero-order valence-corrected chi connectivity index (χ0v) is 14.7. The molecule has 0 aliphatic carbocycles. The van der Waals surface area contributed by atoms with E-state index in [1.165, 1.54) is 38.1 Å². The molecule has 3 rings (SSSR count). The number of aliphatic hydroxyl groups is 4. The molecule has 9 nitrogen and oxygen atoms in total. The lowest BCUT2D eigenvalue weighted by Crippen LogP contribution is -2.73. The SMILES string of the molecule is CC(=O)N[C@@H]1[C@@H](O)[C@](C)(O)[C@@H](CO)O[C@]1(O)c1ccc2ccc(=O)oc2c1. The molecule has 0 radical (unpaired) electrons. The number of hydrogen-bond acceptors (Lipinski definition) is 8. The van der Waals surface area contributed by atoms with Crippen molar-refractivity contribution in [2.45, 2.75) is 43.5 Å². The maximum atomic E-state index is 11.6. The smallest absolute Gasteiger partial charge is 0.336 e. The molecule has 1 fully saturated rings. The fraction of sp³-hybridized carbons (Fsp3) is 0.444. The van der Waals surface area contributed by atoms with E-state index >= 15 is 0 Å². The number of carbonyl (C=O) groups is 1. The van der Waals surface area contributed by atoms with Crippen LogP contribution in [0.5, 0.6) is 0 Å². The van der Waals surface area contributed by atoms with Crippen LogP contribution in [0, 0.1) is 0 Å². The lowest BCUT2D eigenvalue weighted by Gasteiger charge is -2.52. The van der Waals surface area contributed by atoms with Crippen LogP contribution >= 0.6 is 0 Å². The number of amides is 1. The molecule has 1 aromatic carbocycles. The Morgan fingerprint density at radius 1 is 1.26 bits per heavy atom. The highest BCUT2D eigenvalue weighted by atomic mass is 16.7. The lowest BCUT2D eigenvalue weighted by molar-refractivity contribution is -0.350. The summed E-state index contributed by atoms with van der Waals surface area (Å²) in [7, 11) is 0. The van der Waals surface area contributed by atoms with Crippen molar-refractivity contribution in [2.75, 3.05) is 6.61 Å². The van der Waals surface area contributed by atoms with Crippen LogP contribution in [-0.2, 0) is 15.3 Å². The summed E-state index contributed by atoms with van der Waals surface area (Å²) in [5.74, 6) is -2.88. The maximum Gasteiger partial charge on any atom is 0.336 e. The minimum atomic E-state index is -2.30.